The number of piperazine rings is 1. The zero-order valence-corrected chi connectivity index (χ0v) is 28.7. The van der Waals surface area contributed by atoms with E-state index in [1.54, 1.807) is 26.2 Å². The second-order valence-electron chi connectivity index (χ2n) is 13.7. The first-order chi connectivity index (χ1) is 23.8. The third-order valence-corrected chi connectivity index (χ3v) is 10.5. The lowest BCUT2D eigenvalue weighted by Crippen LogP contribution is -2.55. The van der Waals surface area contributed by atoms with E-state index in [0.29, 0.717) is 43.4 Å². The van der Waals surface area contributed by atoms with Crippen LogP contribution in [0.15, 0.2) is 60.8 Å². The molecule has 4 amide bonds. The second-order valence-corrected chi connectivity index (χ2v) is 13.7. The maximum absolute atomic E-state index is 13.8. The number of benzene rings is 2. The first-order valence-corrected chi connectivity index (χ1v) is 17.9. The number of nitrogens with one attached hydrogen (secondary N) is 3. The molecule has 3 aromatic rings. The summed E-state index contributed by atoms with van der Waals surface area (Å²) in [6, 6.07) is 16.8. The summed E-state index contributed by atoms with van der Waals surface area (Å²) >= 11 is 0. The second kappa shape index (κ2) is 15.8. The van der Waals surface area contributed by atoms with Crippen LogP contribution in [0, 0.1) is 5.92 Å². The number of carbonyl (C=O) groups excluding carboxylic acids is 4. The standard InChI is InChI=1S/C38H49N7O4/c1-3-34(46)41-31(38(49)45-23-21-44(22-24-45)32-18-15-27-9-7-8-12-30(27)32)25-26-13-16-29(17-14-26)40-37(48)35(28-10-5-4-6-11-28)42-36(47)33-19-20-39-43(33)2/h7-9,12-14,16-17,19-20,28,31-32,35H,3-6,10-11,15,18,21-25H2,1-2H3,(H,40,48)(H,41,46)(H,42,47)/t31-,32?,35+/m1/s1. The van der Waals surface area contributed by atoms with Gasteiger partial charge in [0.05, 0.1) is 0 Å². The number of aromatic nitrogens is 2. The minimum absolute atomic E-state index is 0.0509. The van der Waals surface area contributed by atoms with Crippen LogP contribution in [0.2, 0.25) is 0 Å². The molecule has 11 heteroatoms. The summed E-state index contributed by atoms with van der Waals surface area (Å²) in [5, 5.41) is 13.0. The van der Waals surface area contributed by atoms with Gasteiger partial charge in [-0.3, -0.25) is 28.8 Å². The molecule has 1 aromatic heterocycles. The zero-order valence-electron chi connectivity index (χ0n) is 28.7. The number of hydrogen-bond acceptors (Lipinski definition) is 6. The van der Waals surface area contributed by atoms with E-state index in [0.717, 1.165) is 63.6 Å². The Labute approximate surface area is 288 Å². The smallest absolute Gasteiger partial charge is 0.270 e. The van der Waals surface area contributed by atoms with E-state index in [1.165, 1.54) is 15.8 Å². The minimum atomic E-state index is -0.676. The Bertz CT molecular complexity index is 1620. The molecule has 0 bridgehead atoms. The van der Waals surface area contributed by atoms with E-state index in [4.69, 9.17) is 0 Å². The van der Waals surface area contributed by atoms with Gasteiger partial charge < -0.3 is 20.9 Å². The fourth-order valence-electron chi connectivity index (χ4n) is 7.74. The Morgan fingerprint density at radius 3 is 2.31 bits per heavy atom. The molecule has 0 spiro atoms. The van der Waals surface area contributed by atoms with Crippen molar-refractivity contribution in [2.75, 3.05) is 31.5 Å². The van der Waals surface area contributed by atoms with Crippen molar-refractivity contribution in [3.05, 3.63) is 83.2 Å². The Balaban J connectivity index is 1.08. The van der Waals surface area contributed by atoms with Crippen molar-refractivity contribution in [2.24, 2.45) is 13.0 Å². The molecule has 3 atom stereocenters. The molecule has 6 rings (SSSR count). The number of hydrogen-bond donors (Lipinski definition) is 3. The summed E-state index contributed by atoms with van der Waals surface area (Å²) < 4.78 is 1.50. The van der Waals surface area contributed by atoms with Crippen LogP contribution in [0.3, 0.4) is 0 Å². The Morgan fingerprint density at radius 2 is 1.61 bits per heavy atom. The Hall–Kier alpha value is -4.51. The van der Waals surface area contributed by atoms with Crippen molar-refractivity contribution in [2.45, 2.75) is 82.8 Å². The molecule has 11 nitrogen and oxygen atoms in total. The van der Waals surface area contributed by atoms with E-state index < -0.39 is 12.1 Å². The van der Waals surface area contributed by atoms with Crippen molar-refractivity contribution in [3.8, 4) is 0 Å². The topological polar surface area (TPSA) is 129 Å². The highest BCUT2D eigenvalue weighted by Crippen LogP contribution is 2.36. The fraction of sp³-hybridized carbons (Fsp3) is 0.500. The van der Waals surface area contributed by atoms with Gasteiger partial charge in [-0.15, -0.1) is 0 Å². The third kappa shape index (κ3) is 8.21. The summed E-state index contributed by atoms with van der Waals surface area (Å²) in [7, 11) is 1.70. The molecule has 1 unspecified atom stereocenters. The molecule has 0 radical (unpaired) electrons. The van der Waals surface area contributed by atoms with Crippen LogP contribution in [0.4, 0.5) is 5.69 Å². The molecule has 2 fully saturated rings. The van der Waals surface area contributed by atoms with Crippen molar-refractivity contribution in [3.63, 3.8) is 0 Å². The van der Waals surface area contributed by atoms with Crippen LogP contribution in [-0.2, 0) is 34.3 Å². The van der Waals surface area contributed by atoms with Crippen LogP contribution in [0.25, 0.3) is 0 Å². The summed E-state index contributed by atoms with van der Waals surface area (Å²) in [5.41, 5.74) is 4.72. The van der Waals surface area contributed by atoms with Gasteiger partial charge in [-0.1, -0.05) is 62.6 Å². The first kappa shape index (κ1) is 34.4. The first-order valence-electron chi connectivity index (χ1n) is 17.9. The summed E-state index contributed by atoms with van der Waals surface area (Å²) in [4.78, 5) is 57.4. The monoisotopic (exact) mass is 667 g/mol. The van der Waals surface area contributed by atoms with Gasteiger partial charge in [0.15, 0.2) is 0 Å². The van der Waals surface area contributed by atoms with E-state index in [2.05, 4.69) is 50.2 Å². The molecular formula is C38H49N7O4. The van der Waals surface area contributed by atoms with E-state index in [-0.39, 0.29) is 29.5 Å². The number of fused-ring (bicyclic) bond motifs is 1. The van der Waals surface area contributed by atoms with Crippen molar-refractivity contribution >= 4 is 29.3 Å². The van der Waals surface area contributed by atoms with Crippen LogP contribution in [0.1, 0.15) is 85.1 Å². The van der Waals surface area contributed by atoms with Gasteiger partial charge in [-0.2, -0.15) is 5.10 Å². The number of amides is 4. The Kier molecular flexibility index (Phi) is 11.1. The molecule has 1 aliphatic heterocycles. The maximum atomic E-state index is 13.8. The van der Waals surface area contributed by atoms with Crippen LogP contribution in [0.5, 0.6) is 0 Å². The highest BCUT2D eigenvalue weighted by Gasteiger charge is 2.34. The van der Waals surface area contributed by atoms with Gasteiger partial charge in [-0.05, 0) is 66.5 Å². The fourth-order valence-corrected chi connectivity index (χ4v) is 7.74. The van der Waals surface area contributed by atoms with Crippen molar-refractivity contribution < 1.29 is 19.2 Å². The van der Waals surface area contributed by atoms with Gasteiger partial charge in [0, 0.05) is 64.0 Å². The largest absolute Gasteiger partial charge is 0.344 e. The lowest BCUT2D eigenvalue weighted by molar-refractivity contribution is -0.138. The molecule has 3 N–H and O–H groups in total. The lowest BCUT2D eigenvalue weighted by Gasteiger charge is -2.39. The predicted molar refractivity (Wildman–Crippen MR) is 188 cm³/mol. The predicted octanol–water partition coefficient (Wildman–Crippen LogP) is 4.01. The highest BCUT2D eigenvalue weighted by molar-refractivity contribution is 6.00. The molecule has 2 aromatic carbocycles. The van der Waals surface area contributed by atoms with Gasteiger partial charge in [0.1, 0.15) is 17.8 Å². The molecule has 3 aliphatic rings. The normalized spacial score (nSPS) is 19.5. The molecule has 260 valence electrons. The summed E-state index contributed by atoms with van der Waals surface area (Å²) in [5.74, 6) is -0.750. The SMILES string of the molecule is CCC(=O)N[C@H](Cc1ccc(NC(=O)[C@@H](NC(=O)c2ccnn2C)C2CCCCC2)cc1)C(=O)N1CCN(C2CCc3ccccc32)CC1. The molecule has 1 saturated carbocycles. The summed E-state index contributed by atoms with van der Waals surface area (Å²) in [6.07, 6.45) is 9.37. The number of aryl methyl sites for hydroxylation is 2. The van der Waals surface area contributed by atoms with Gasteiger partial charge >= 0.3 is 0 Å². The van der Waals surface area contributed by atoms with E-state index >= 15 is 0 Å². The molecule has 2 heterocycles. The van der Waals surface area contributed by atoms with E-state index in [1.807, 2.05) is 29.2 Å². The third-order valence-electron chi connectivity index (χ3n) is 10.5. The van der Waals surface area contributed by atoms with Gasteiger partial charge in [0.2, 0.25) is 17.7 Å². The molecular weight excluding hydrogens is 618 g/mol. The maximum Gasteiger partial charge on any atom is 0.270 e. The van der Waals surface area contributed by atoms with E-state index in [9.17, 15) is 19.2 Å². The minimum Gasteiger partial charge on any atom is -0.344 e. The molecule has 49 heavy (non-hydrogen) atoms. The van der Waals surface area contributed by atoms with Crippen molar-refractivity contribution in [1.29, 1.82) is 0 Å². The molecule has 1 saturated heterocycles. The average molecular weight is 668 g/mol. The highest BCUT2D eigenvalue weighted by atomic mass is 16.2. The molecule has 2 aliphatic carbocycles. The lowest BCUT2D eigenvalue weighted by atomic mass is 9.83. The number of carbonyl (C=O) groups is 4. The summed E-state index contributed by atoms with van der Waals surface area (Å²) in [6.45, 7) is 4.64. The quantitative estimate of drug-likeness (QED) is 0.284. The number of rotatable bonds is 11. The van der Waals surface area contributed by atoms with Crippen molar-refractivity contribution in [1.82, 2.24) is 30.2 Å². The van der Waals surface area contributed by atoms with Crippen LogP contribution in [-0.4, -0.2) is 81.5 Å². The average Bonchev–Trinajstić information content (AvgIpc) is 3.77. The van der Waals surface area contributed by atoms with Crippen LogP contribution < -0.4 is 16.0 Å². The zero-order chi connectivity index (χ0) is 34.3. The van der Waals surface area contributed by atoms with Gasteiger partial charge in [0.25, 0.3) is 5.91 Å². The Morgan fingerprint density at radius 1 is 0.878 bits per heavy atom. The van der Waals surface area contributed by atoms with Gasteiger partial charge in [-0.25, -0.2) is 0 Å². The number of anilines is 1. The number of nitrogens with zero attached hydrogens (tertiary/aromatic N) is 4. The van der Waals surface area contributed by atoms with Crippen LogP contribution >= 0.6 is 0 Å².